The van der Waals surface area contributed by atoms with E-state index in [0.717, 1.165) is 22.5 Å². The van der Waals surface area contributed by atoms with Crippen molar-refractivity contribution in [1.82, 2.24) is 0 Å². The van der Waals surface area contributed by atoms with Gasteiger partial charge in [0.05, 0.1) is 31.5 Å². The molecule has 1 atom stereocenters. The van der Waals surface area contributed by atoms with E-state index in [2.05, 4.69) is 0 Å². The van der Waals surface area contributed by atoms with E-state index in [0.29, 0.717) is 17.1 Å². The van der Waals surface area contributed by atoms with E-state index in [1.165, 1.54) is 5.56 Å². The van der Waals surface area contributed by atoms with E-state index in [-0.39, 0.29) is 5.78 Å². The number of benzene rings is 3. The molecule has 4 nitrogen and oxygen atoms in total. The van der Waals surface area contributed by atoms with E-state index in [1.54, 1.807) is 14.2 Å². The van der Waals surface area contributed by atoms with Gasteiger partial charge in [0.2, 0.25) is 0 Å². The molecule has 3 aromatic rings. The van der Waals surface area contributed by atoms with Crippen molar-refractivity contribution in [2.24, 2.45) is 4.99 Å². The van der Waals surface area contributed by atoms with Crippen LogP contribution in [0.4, 0.5) is 5.69 Å². The lowest BCUT2D eigenvalue weighted by molar-refractivity contribution is 0.0988. The van der Waals surface area contributed by atoms with Crippen LogP contribution in [0.15, 0.2) is 71.7 Å². The number of rotatable bonds is 4. The number of methoxy groups -OCH3 is 2. The Kier molecular flexibility index (Phi) is 4.70. The van der Waals surface area contributed by atoms with Crippen molar-refractivity contribution in [3.63, 3.8) is 0 Å². The number of carbonyl (C=O) groups is 1. The molecule has 1 aliphatic carbocycles. The highest BCUT2D eigenvalue weighted by Crippen LogP contribution is 2.39. The minimum Gasteiger partial charge on any atom is -0.493 e. The van der Waals surface area contributed by atoms with E-state index in [1.807, 2.05) is 73.7 Å². The Bertz CT molecular complexity index is 1070. The van der Waals surface area contributed by atoms with Gasteiger partial charge in [-0.1, -0.05) is 48.0 Å². The van der Waals surface area contributed by atoms with Crippen LogP contribution in [-0.2, 0) is 0 Å². The highest BCUT2D eigenvalue weighted by atomic mass is 16.5. The average Bonchev–Trinajstić information content (AvgIpc) is 3.01. The number of hydrogen-bond donors (Lipinski definition) is 0. The van der Waals surface area contributed by atoms with Gasteiger partial charge in [0.25, 0.3) is 0 Å². The number of hydrogen-bond acceptors (Lipinski definition) is 4. The van der Waals surface area contributed by atoms with E-state index in [4.69, 9.17) is 14.5 Å². The van der Waals surface area contributed by atoms with Crippen LogP contribution >= 0.6 is 0 Å². The van der Waals surface area contributed by atoms with Crippen LogP contribution < -0.4 is 9.47 Å². The average molecular weight is 371 g/mol. The second-order valence-electron chi connectivity index (χ2n) is 6.79. The molecule has 0 bridgehead atoms. The van der Waals surface area contributed by atoms with Gasteiger partial charge in [-0.15, -0.1) is 0 Å². The molecule has 0 aromatic heterocycles. The van der Waals surface area contributed by atoms with Gasteiger partial charge >= 0.3 is 0 Å². The number of ether oxygens (including phenoxy) is 2. The summed E-state index contributed by atoms with van der Waals surface area (Å²) in [5.74, 6) is 0.803. The largest absolute Gasteiger partial charge is 0.493 e. The second-order valence-corrected chi connectivity index (χ2v) is 6.79. The van der Waals surface area contributed by atoms with Gasteiger partial charge in [-0.3, -0.25) is 9.79 Å². The first kappa shape index (κ1) is 18.0. The molecule has 0 saturated carbocycles. The first-order valence-electron chi connectivity index (χ1n) is 9.13. The zero-order valence-electron chi connectivity index (χ0n) is 16.1. The van der Waals surface area contributed by atoms with Crippen LogP contribution in [0, 0.1) is 6.92 Å². The Morgan fingerprint density at radius 3 is 2.18 bits per heavy atom. The molecule has 0 saturated heterocycles. The van der Waals surface area contributed by atoms with Gasteiger partial charge in [-0.05, 0) is 36.8 Å². The molecule has 1 aliphatic rings. The zero-order valence-corrected chi connectivity index (χ0v) is 16.1. The van der Waals surface area contributed by atoms with Crippen molar-refractivity contribution in [3.05, 3.63) is 89.0 Å². The molecule has 0 fully saturated rings. The molecule has 0 radical (unpaired) electrons. The van der Waals surface area contributed by atoms with E-state index < -0.39 is 5.92 Å². The molecule has 140 valence electrons. The van der Waals surface area contributed by atoms with Crippen LogP contribution in [0.1, 0.15) is 33.0 Å². The van der Waals surface area contributed by atoms with Crippen molar-refractivity contribution < 1.29 is 14.3 Å². The smallest absolute Gasteiger partial charge is 0.176 e. The maximum atomic E-state index is 13.3. The third-order valence-corrected chi connectivity index (χ3v) is 5.03. The van der Waals surface area contributed by atoms with E-state index in [9.17, 15) is 4.79 Å². The third-order valence-electron chi connectivity index (χ3n) is 5.03. The standard InChI is InChI=1S/C24H21NO3/c1-15-8-11-17(12-9-15)25-23-18-6-4-5-7-19(18)24(26)22(23)16-10-13-20(27-2)21(14-16)28-3/h4-14,22H,1-3H3. The van der Waals surface area contributed by atoms with Crippen molar-refractivity contribution in [3.8, 4) is 11.5 Å². The summed E-state index contributed by atoms with van der Waals surface area (Å²) in [6.45, 7) is 2.04. The first-order chi connectivity index (χ1) is 13.6. The minimum atomic E-state index is -0.474. The van der Waals surface area contributed by atoms with Crippen LogP contribution in [0.2, 0.25) is 0 Å². The Balaban J connectivity index is 1.87. The molecule has 1 unspecified atom stereocenters. The Morgan fingerprint density at radius 1 is 0.821 bits per heavy atom. The van der Waals surface area contributed by atoms with Crippen molar-refractivity contribution >= 4 is 17.2 Å². The fraction of sp³-hybridized carbons (Fsp3) is 0.167. The highest BCUT2D eigenvalue weighted by Gasteiger charge is 2.38. The molecule has 28 heavy (non-hydrogen) atoms. The summed E-state index contributed by atoms with van der Waals surface area (Å²) in [5, 5.41) is 0. The topological polar surface area (TPSA) is 47.9 Å². The fourth-order valence-corrected chi connectivity index (χ4v) is 3.58. The van der Waals surface area contributed by atoms with Crippen LogP contribution in [0.5, 0.6) is 11.5 Å². The Labute approximate surface area is 164 Å². The quantitative estimate of drug-likeness (QED) is 0.640. The van der Waals surface area contributed by atoms with E-state index >= 15 is 0 Å². The monoisotopic (exact) mass is 371 g/mol. The summed E-state index contributed by atoms with van der Waals surface area (Å²) in [6.07, 6.45) is 0. The number of carbonyl (C=O) groups excluding carboxylic acids is 1. The van der Waals surface area contributed by atoms with Crippen molar-refractivity contribution in [2.45, 2.75) is 12.8 Å². The number of aryl methyl sites for hydroxylation is 1. The lowest BCUT2D eigenvalue weighted by atomic mass is 9.93. The third kappa shape index (κ3) is 3.07. The molecular weight excluding hydrogens is 350 g/mol. The maximum absolute atomic E-state index is 13.3. The van der Waals surface area contributed by atoms with Crippen LogP contribution in [0.25, 0.3) is 0 Å². The van der Waals surface area contributed by atoms with Gasteiger partial charge < -0.3 is 9.47 Å². The SMILES string of the molecule is COc1ccc(C2C(=O)c3ccccc3C2=Nc2ccc(C)cc2)cc1OC. The minimum absolute atomic E-state index is 0.0497. The summed E-state index contributed by atoms with van der Waals surface area (Å²) < 4.78 is 10.8. The first-order valence-corrected chi connectivity index (χ1v) is 9.13. The second kappa shape index (κ2) is 7.31. The highest BCUT2D eigenvalue weighted by molar-refractivity contribution is 6.32. The molecule has 0 amide bonds. The summed E-state index contributed by atoms with van der Waals surface area (Å²) in [7, 11) is 3.19. The van der Waals surface area contributed by atoms with Gasteiger partial charge in [0.1, 0.15) is 0 Å². The summed E-state index contributed by atoms with van der Waals surface area (Å²) >= 11 is 0. The fourth-order valence-electron chi connectivity index (χ4n) is 3.58. The number of nitrogens with zero attached hydrogens (tertiary/aromatic N) is 1. The van der Waals surface area contributed by atoms with Gasteiger partial charge in [-0.2, -0.15) is 0 Å². The Hall–Kier alpha value is -3.40. The number of ketones is 1. The molecule has 4 rings (SSSR count). The molecule has 4 heteroatoms. The van der Waals surface area contributed by atoms with Gasteiger partial charge in [0.15, 0.2) is 17.3 Å². The summed E-state index contributed by atoms with van der Waals surface area (Å²) in [4.78, 5) is 18.1. The van der Waals surface area contributed by atoms with Crippen LogP contribution in [-0.4, -0.2) is 25.7 Å². The number of fused-ring (bicyclic) bond motifs is 1. The van der Waals surface area contributed by atoms with Gasteiger partial charge in [-0.25, -0.2) is 0 Å². The molecule has 3 aromatic carbocycles. The van der Waals surface area contributed by atoms with Gasteiger partial charge in [0, 0.05) is 11.1 Å². The van der Waals surface area contributed by atoms with Crippen LogP contribution in [0.3, 0.4) is 0 Å². The Morgan fingerprint density at radius 2 is 1.50 bits per heavy atom. The van der Waals surface area contributed by atoms with Crippen molar-refractivity contribution in [1.29, 1.82) is 0 Å². The predicted molar refractivity (Wildman–Crippen MR) is 110 cm³/mol. The molecular formula is C24H21NO3. The lowest BCUT2D eigenvalue weighted by Gasteiger charge is -2.14. The zero-order chi connectivity index (χ0) is 19.7. The number of Topliss-reactive ketones (excluding diaryl/α,β-unsaturated/α-hetero) is 1. The summed E-state index contributed by atoms with van der Waals surface area (Å²) in [5.41, 5.74) is 5.18. The predicted octanol–water partition coefficient (Wildman–Crippen LogP) is 5.11. The maximum Gasteiger partial charge on any atom is 0.176 e. The van der Waals surface area contributed by atoms with Crippen molar-refractivity contribution in [2.75, 3.05) is 14.2 Å². The molecule has 0 aliphatic heterocycles. The molecule has 0 N–H and O–H groups in total. The lowest BCUT2D eigenvalue weighted by Crippen LogP contribution is -2.14. The molecule has 0 spiro atoms. The normalized spacial score (nSPS) is 16.9. The molecule has 0 heterocycles. The summed E-state index contributed by atoms with van der Waals surface area (Å²) in [6, 6.07) is 21.2. The number of aliphatic imine (C=N–C) groups is 1.